The van der Waals surface area contributed by atoms with Crippen LogP contribution in [0, 0.1) is 5.92 Å². The lowest BCUT2D eigenvalue weighted by molar-refractivity contribution is 0.0689. The van der Waals surface area contributed by atoms with E-state index < -0.39 is 5.97 Å². The minimum atomic E-state index is -1.17. The van der Waals surface area contributed by atoms with Crippen LogP contribution in [-0.4, -0.2) is 51.6 Å². The molecule has 2 N–H and O–H groups in total. The molecule has 0 saturated carbocycles. The largest absolute Gasteiger partial charge is 0.476 e. The number of pyridine rings is 1. The molecule has 0 aromatic carbocycles. The number of carboxylic acid groups (broad SMARTS) is 1. The summed E-state index contributed by atoms with van der Waals surface area (Å²) < 4.78 is 0. The molecular weight excluding hydrogens is 322 g/mol. The lowest BCUT2D eigenvalue weighted by Gasteiger charge is -2.33. The monoisotopic (exact) mass is 341 g/mol. The molecule has 0 unspecified atom stereocenters. The van der Waals surface area contributed by atoms with Gasteiger partial charge in [0.2, 0.25) is 0 Å². The predicted molar refractivity (Wildman–Crippen MR) is 90.5 cm³/mol. The van der Waals surface area contributed by atoms with Crippen LogP contribution in [0.4, 0.5) is 5.69 Å². The summed E-state index contributed by atoms with van der Waals surface area (Å²) in [5.41, 5.74) is 1.12. The molecule has 1 aliphatic rings. The van der Waals surface area contributed by atoms with E-state index in [4.69, 9.17) is 5.11 Å². The van der Waals surface area contributed by atoms with Crippen molar-refractivity contribution in [1.82, 2.24) is 20.3 Å². The van der Waals surface area contributed by atoms with Gasteiger partial charge >= 0.3 is 5.97 Å². The van der Waals surface area contributed by atoms with E-state index in [1.54, 1.807) is 12.4 Å². The van der Waals surface area contributed by atoms with Gasteiger partial charge in [0.25, 0.3) is 5.91 Å². The van der Waals surface area contributed by atoms with Crippen molar-refractivity contribution in [2.45, 2.75) is 12.8 Å². The summed E-state index contributed by atoms with van der Waals surface area (Å²) in [5, 5.41) is 11.6. The number of piperidine rings is 1. The summed E-state index contributed by atoms with van der Waals surface area (Å²) >= 11 is 0. The zero-order valence-corrected chi connectivity index (χ0v) is 13.6. The number of amides is 1. The molecule has 2 aromatic heterocycles. The fraction of sp³-hybridized carbons (Fsp3) is 0.353. The van der Waals surface area contributed by atoms with Crippen LogP contribution in [-0.2, 0) is 0 Å². The first-order valence-corrected chi connectivity index (χ1v) is 8.12. The van der Waals surface area contributed by atoms with E-state index in [-0.39, 0.29) is 17.3 Å². The first-order chi connectivity index (χ1) is 12.1. The number of nitrogens with zero attached hydrogens (tertiary/aromatic N) is 4. The number of carboxylic acids is 1. The van der Waals surface area contributed by atoms with Gasteiger partial charge in [-0.3, -0.25) is 9.78 Å². The Bertz CT molecular complexity index is 728. The quantitative estimate of drug-likeness (QED) is 0.841. The molecule has 3 heterocycles. The molecule has 8 nitrogen and oxygen atoms in total. The molecule has 1 amide bonds. The third-order valence-electron chi connectivity index (χ3n) is 4.30. The van der Waals surface area contributed by atoms with Gasteiger partial charge in [-0.25, -0.2) is 14.8 Å². The number of anilines is 1. The van der Waals surface area contributed by atoms with Crippen molar-refractivity contribution in [2.24, 2.45) is 5.92 Å². The summed E-state index contributed by atoms with van der Waals surface area (Å²) in [5.74, 6) is -1.09. The van der Waals surface area contributed by atoms with Crippen molar-refractivity contribution in [1.29, 1.82) is 0 Å². The van der Waals surface area contributed by atoms with Crippen LogP contribution in [0.1, 0.15) is 33.8 Å². The maximum atomic E-state index is 12.1. The maximum Gasteiger partial charge on any atom is 0.356 e. The highest BCUT2D eigenvalue weighted by atomic mass is 16.4. The third-order valence-corrected chi connectivity index (χ3v) is 4.30. The average Bonchev–Trinajstić information content (AvgIpc) is 2.67. The molecule has 25 heavy (non-hydrogen) atoms. The number of hydrogen-bond donors (Lipinski definition) is 2. The Labute approximate surface area is 144 Å². The van der Waals surface area contributed by atoms with Crippen molar-refractivity contribution in [3.8, 4) is 0 Å². The van der Waals surface area contributed by atoms with Gasteiger partial charge in [-0.15, -0.1) is 0 Å². The summed E-state index contributed by atoms with van der Waals surface area (Å²) in [4.78, 5) is 36.7. The van der Waals surface area contributed by atoms with Gasteiger partial charge in [-0.1, -0.05) is 0 Å². The molecule has 0 spiro atoms. The van der Waals surface area contributed by atoms with E-state index in [1.165, 1.54) is 11.9 Å². The summed E-state index contributed by atoms with van der Waals surface area (Å²) in [6, 6.07) is 4.00. The molecular formula is C17H19N5O3. The van der Waals surface area contributed by atoms with Crippen molar-refractivity contribution >= 4 is 17.6 Å². The van der Waals surface area contributed by atoms with Gasteiger partial charge in [-0.2, -0.15) is 0 Å². The summed E-state index contributed by atoms with van der Waals surface area (Å²) in [6.45, 7) is 2.46. The Hall–Kier alpha value is -3.03. The van der Waals surface area contributed by atoms with Crippen LogP contribution in [0.3, 0.4) is 0 Å². The molecule has 8 heteroatoms. The molecule has 0 bridgehead atoms. The molecule has 2 aromatic rings. The smallest absolute Gasteiger partial charge is 0.356 e. The summed E-state index contributed by atoms with van der Waals surface area (Å²) in [6.07, 6.45) is 7.84. The minimum Gasteiger partial charge on any atom is -0.476 e. The highest BCUT2D eigenvalue weighted by Crippen LogP contribution is 2.22. The fourth-order valence-electron chi connectivity index (χ4n) is 2.83. The highest BCUT2D eigenvalue weighted by molar-refractivity contribution is 5.92. The third kappa shape index (κ3) is 4.28. The van der Waals surface area contributed by atoms with Crippen molar-refractivity contribution < 1.29 is 14.7 Å². The standard InChI is InChI=1S/C17H19N5O3/c23-16(14-10-20-15(11-19-14)17(24)25)21-9-12-3-7-22(8-4-12)13-1-5-18-6-2-13/h1-2,5-6,10-12H,3-4,7-9H2,(H,21,23)(H,24,25). The molecule has 130 valence electrons. The van der Waals surface area contributed by atoms with Crippen LogP contribution >= 0.6 is 0 Å². The number of aromatic carboxylic acids is 1. The second-order valence-electron chi connectivity index (χ2n) is 5.94. The lowest BCUT2D eigenvalue weighted by Crippen LogP contribution is -2.38. The van der Waals surface area contributed by atoms with Gasteiger partial charge in [0, 0.05) is 37.7 Å². The van der Waals surface area contributed by atoms with Crippen LogP contribution in [0.2, 0.25) is 0 Å². The first kappa shape index (κ1) is 16.8. The van der Waals surface area contributed by atoms with Gasteiger partial charge < -0.3 is 15.3 Å². The SMILES string of the molecule is O=C(O)c1cnc(C(=O)NCC2CCN(c3ccncc3)CC2)cn1. The zero-order valence-electron chi connectivity index (χ0n) is 13.6. The molecule has 1 saturated heterocycles. The molecule has 3 rings (SSSR count). The number of rotatable bonds is 5. The number of carbonyl (C=O) groups is 2. The van der Waals surface area contributed by atoms with Crippen molar-refractivity contribution in [2.75, 3.05) is 24.5 Å². The van der Waals surface area contributed by atoms with Gasteiger partial charge in [0.15, 0.2) is 5.69 Å². The van der Waals surface area contributed by atoms with Crippen LogP contribution in [0.5, 0.6) is 0 Å². The Morgan fingerprint density at radius 2 is 1.76 bits per heavy atom. The van der Waals surface area contributed by atoms with E-state index >= 15 is 0 Å². The van der Waals surface area contributed by atoms with Crippen molar-refractivity contribution in [3.63, 3.8) is 0 Å². The number of hydrogen-bond acceptors (Lipinski definition) is 6. The minimum absolute atomic E-state index is 0.124. The number of aromatic nitrogens is 3. The second-order valence-corrected chi connectivity index (χ2v) is 5.94. The first-order valence-electron chi connectivity index (χ1n) is 8.12. The zero-order chi connectivity index (χ0) is 17.6. The second kappa shape index (κ2) is 7.69. The lowest BCUT2D eigenvalue weighted by atomic mass is 9.96. The predicted octanol–water partition coefficient (Wildman–Crippen LogP) is 1.22. The fourth-order valence-corrected chi connectivity index (χ4v) is 2.83. The molecule has 1 aliphatic heterocycles. The van der Waals surface area contributed by atoms with Crippen LogP contribution in [0.15, 0.2) is 36.9 Å². The number of carbonyl (C=O) groups excluding carboxylic acids is 1. The van der Waals surface area contributed by atoms with E-state index in [2.05, 4.69) is 25.2 Å². The van der Waals surface area contributed by atoms with E-state index in [0.29, 0.717) is 12.5 Å². The Morgan fingerprint density at radius 3 is 2.36 bits per heavy atom. The Kier molecular flexibility index (Phi) is 5.17. The van der Waals surface area contributed by atoms with E-state index in [0.717, 1.165) is 32.1 Å². The Morgan fingerprint density at radius 1 is 1.12 bits per heavy atom. The van der Waals surface area contributed by atoms with Gasteiger partial charge in [0.1, 0.15) is 5.69 Å². The van der Waals surface area contributed by atoms with Crippen LogP contribution < -0.4 is 10.2 Å². The summed E-state index contributed by atoms with van der Waals surface area (Å²) in [7, 11) is 0. The maximum absolute atomic E-state index is 12.1. The van der Waals surface area contributed by atoms with Crippen LogP contribution in [0.25, 0.3) is 0 Å². The van der Waals surface area contributed by atoms with Gasteiger partial charge in [-0.05, 0) is 30.9 Å². The normalized spacial score (nSPS) is 15.0. The van der Waals surface area contributed by atoms with E-state index in [1.807, 2.05) is 12.1 Å². The average molecular weight is 341 g/mol. The molecule has 1 fully saturated rings. The van der Waals surface area contributed by atoms with Gasteiger partial charge in [0.05, 0.1) is 12.4 Å². The highest BCUT2D eigenvalue weighted by Gasteiger charge is 2.20. The molecule has 0 atom stereocenters. The number of nitrogens with one attached hydrogen (secondary N) is 1. The molecule has 0 aliphatic carbocycles. The molecule has 0 radical (unpaired) electrons. The van der Waals surface area contributed by atoms with Crippen molar-refractivity contribution in [3.05, 3.63) is 48.3 Å². The topological polar surface area (TPSA) is 108 Å². The Balaban J connectivity index is 1.46. The van der Waals surface area contributed by atoms with E-state index in [9.17, 15) is 9.59 Å².